The lowest BCUT2D eigenvalue weighted by atomic mass is 9.93. The maximum atomic E-state index is 12.5. The number of hydrogen-bond acceptors (Lipinski definition) is 5. The lowest BCUT2D eigenvalue weighted by molar-refractivity contribution is -0.120. The molecule has 0 bridgehead atoms. The molecule has 7 nitrogen and oxygen atoms in total. The summed E-state index contributed by atoms with van der Waals surface area (Å²) in [6, 6.07) is 1.17. The number of carbonyl (C=O) groups is 2. The molecule has 2 rings (SSSR count). The van der Waals surface area contributed by atoms with Crippen LogP contribution in [0, 0.1) is 0 Å². The highest BCUT2D eigenvalue weighted by Gasteiger charge is 2.37. The number of rotatable bonds is 2. The van der Waals surface area contributed by atoms with Crippen LogP contribution in [0.5, 0.6) is 0 Å². The highest BCUT2D eigenvalue weighted by Crippen LogP contribution is 2.26. The summed E-state index contributed by atoms with van der Waals surface area (Å²) < 4.78 is 10.6. The Morgan fingerprint density at radius 3 is 2.50 bits per heavy atom. The van der Waals surface area contributed by atoms with Crippen LogP contribution in [0.1, 0.15) is 60.1 Å². The van der Waals surface area contributed by atoms with Crippen molar-refractivity contribution in [3.8, 4) is 0 Å². The number of anilines is 1. The lowest BCUT2D eigenvalue weighted by Crippen LogP contribution is -2.45. The smallest absolute Gasteiger partial charge is 0.410 e. The molecule has 0 aromatic carbocycles. The van der Waals surface area contributed by atoms with Crippen LogP contribution in [0.15, 0.2) is 10.6 Å². The van der Waals surface area contributed by atoms with E-state index >= 15 is 0 Å². The predicted octanol–water partition coefficient (Wildman–Crippen LogP) is 3.31. The molecule has 1 aromatic heterocycles. The number of carbonyl (C=O) groups excluding carboxylic acids is 2. The largest absolute Gasteiger partial charge is 0.444 e. The zero-order valence-electron chi connectivity index (χ0n) is 15.3. The third-order valence-corrected chi connectivity index (χ3v) is 3.68. The van der Waals surface area contributed by atoms with Crippen molar-refractivity contribution in [2.24, 2.45) is 0 Å². The molecule has 1 saturated heterocycles. The van der Waals surface area contributed by atoms with Gasteiger partial charge in [0.2, 0.25) is 5.91 Å². The zero-order chi connectivity index (χ0) is 18.1. The first kappa shape index (κ1) is 18.3. The van der Waals surface area contributed by atoms with Crippen molar-refractivity contribution in [1.29, 1.82) is 0 Å². The van der Waals surface area contributed by atoms with E-state index in [-0.39, 0.29) is 11.3 Å². The number of aromatic nitrogens is 1. The van der Waals surface area contributed by atoms with Crippen molar-refractivity contribution >= 4 is 17.8 Å². The first-order valence-corrected chi connectivity index (χ1v) is 8.25. The Kier molecular flexibility index (Phi) is 4.92. The van der Waals surface area contributed by atoms with Crippen LogP contribution in [0.2, 0.25) is 0 Å². The highest BCUT2D eigenvalue weighted by molar-refractivity contribution is 5.96. The molecule has 2 heterocycles. The fraction of sp³-hybridized carbons (Fsp3) is 0.706. The Labute approximate surface area is 142 Å². The fourth-order valence-corrected chi connectivity index (χ4v) is 2.48. The van der Waals surface area contributed by atoms with Crippen molar-refractivity contribution in [2.45, 2.75) is 71.4 Å². The van der Waals surface area contributed by atoms with Crippen LogP contribution >= 0.6 is 0 Å². The van der Waals surface area contributed by atoms with E-state index in [1.807, 2.05) is 20.8 Å². The van der Waals surface area contributed by atoms with Crippen LogP contribution in [0.4, 0.5) is 10.6 Å². The molecule has 1 N–H and O–H groups in total. The molecular weight excluding hydrogens is 310 g/mol. The standard InChI is InChI=1S/C17H27N3O4/c1-16(2,3)12-10-13(19-24-12)18-14(21)11-8-7-9-20(11)15(22)23-17(4,5)6/h10-11H,7-9H2,1-6H3,(H,18,19,21)/t11-/m0/s1. The molecule has 134 valence electrons. The van der Waals surface area contributed by atoms with Gasteiger partial charge in [0.1, 0.15) is 17.4 Å². The molecule has 0 radical (unpaired) electrons. The second kappa shape index (κ2) is 6.45. The van der Waals surface area contributed by atoms with Gasteiger partial charge >= 0.3 is 6.09 Å². The van der Waals surface area contributed by atoms with E-state index < -0.39 is 17.7 Å². The number of hydrogen-bond donors (Lipinski definition) is 1. The van der Waals surface area contributed by atoms with E-state index in [1.54, 1.807) is 26.8 Å². The molecule has 0 spiro atoms. The Balaban J connectivity index is 2.03. The molecule has 1 atom stereocenters. The monoisotopic (exact) mass is 337 g/mol. The summed E-state index contributed by atoms with van der Waals surface area (Å²) in [6.45, 7) is 11.9. The van der Waals surface area contributed by atoms with E-state index in [0.29, 0.717) is 24.5 Å². The van der Waals surface area contributed by atoms with Crippen LogP contribution < -0.4 is 5.32 Å². The quantitative estimate of drug-likeness (QED) is 0.895. The van der Waals surface area contributed by atoms with Crippen molar-refractivity contribution in [1.82, 2.24) is 10.1 Å². The van der Waals surface area contributed by atoms with Gasteiger partial charge in [-0.3, -0.25) is 9.69 Å². The van der Waals surface area contributed by atoms with Crippen LogP contribution in [-0.4, -0.2) is 40.2 Å². The Morgan fingerprint density at radius 1 is 1.29 bits per heavy atom. The summed E-state index contributed by atoms with van der Waals surface area (Å²) in [5, 5.41) is 6.61. The van der Waals surface area contributed by atoms with Gasteiger partial charge in [-0.1, -0.05) is 25.9 Å². The average molecular weight is 337 g/mol. The maximum absolute atomic E-state index is 12.5. The normalized spacial score (nSPS) is 18.6. The van der Waals surface area contributed by atoms with Gasteiger partial charge in [0, 0.05) is 18.0 Å². The Hall–Kier alpha value is -2.05. The van der Waals surface area contributed by atoms with E-state index in [4.69, 9.17) is 9.26 Å². The zero-order valence-corrected chi connectivity index (χ0v) is 15.3. The van der Waals surface area contributed by atoms with E-state index in [0.717, 1.165) is 6.42 Å². The van der Waals surface area contributed by atoms with E-state index in [2.05, 4.69) is 10.5 Å². The average Bonchev–Trinajstić information content (AvgIpc) is 3.03. The molecule has 1 aliphatic heterocycles. The summed E-state index contributed by atoms with van der Waals surface area (Å²) in [4.78, 5) is 26.2. The predicted molar refractivity (Wildman–Crippen MR) is 89.8 cm³/mol. The molecule has 1 fully saturated rings. The van der Waals surface area contributed by atoms with Crippen LogP contribution in [0.25, 0.3) is 0 Å². The first-order valence-electron chi connectivity index (χ1n) is 8.25. The Morgan fingerprint density at radius 2 is 1.96 bits per heavy atom. The van der Waals surface area contributed by atoms with Gasteiger partial charge in [-0.15, -0.1) is 0 Å². The van der Waals surface area contributed by atoms with Crippen molar-refractivity contribution in [3.63, 3.8) is 0 Å². The second-order valence-electron chi connectivity index (χ2n) is 8.15. The van der Waals surface area contributed by atoms with Gasteiger partial charge in [-0.25, -0.2) is 4.79 Å². The molecule has 24 heavy (non-hydrogen) atoms. The molecule has 1 aliphatic rings. The minimum atomic E-state index is -0.589. The molecule has 0 saturated carbocycles. The van der Waals surface area contributed by atoms with E-state index in [1.165, 1.54) is 4.90 Å². The molecule has 1 aromatic rings. The van der Waals surface area contributed by atoms with Crippen molar-refractivity contribution in [3.05, 3.63) is 11.8 Å². The summed E-state index contributed by atoms with van der Waals surface area (Å²) in [6.07, 6.45) is 0.911. The molecule has 7 heteroatoms. The van der Waals surface area contributed by atoms with E-state index in [9.17, 15) is 9.59 Å². The summed E-state index contributed by atoms with van der Waals surface area (Å²) in [5.41, 5.74) is -0.777. The van der Waals surface area contributed by atoms with Crippen molar-refractivity contribution in [2.75, 3.05) is 11.9 Å². The summed E-state index contributed by atoms with van der Waals surface area (Å²) in [7, 11) is 0. The number of likely N-dealkylation sites (tertiary alicyclic amines) is 1. The van der Waals surface area contributed by atoms with Gasteiger partial charge in [0.15, 0.2) is 5.82 Å². The third kappa shape index (κ3) is 4.49. The Bertz CT molecular complexity index is 610. The summed E-state index contributed by atoms with van der Waals surface area (Å²) >= 11 is 0. The van der Waals surface area contributed by atoms with Crippen molar-refractivity contribution < 1.29 is 18.8 Å². The number of nitrogens with one attached hydrogen (secondary N) is 1. The molecule has 0 aliphatic carbocycles. The summed E-state index contributed by atoms with van der Waals surface area (Å²) in [5.74, 6) is 0.779. The van der Waals surface area contributed by atoms with Gasteiger partial charge in [0.05, 0.1) is 0 Å². The molecule has 2 amide bonds. The molecule has 0 unspecified atom stereocenters. The minimum absolute atomic E-state index is 0.189. The van der Waals surface area contributed by atoms with Gasteiger partial charge < -0.3 is 14.6 Å². The van der Waals surface area contributed by atoms with Gasteiger partial charge in [0.25, 0.3) is 0 Å². The lowest BCUT2D eigenvalue weighted by Gasteiger charge is -2.27. The third-order valence-electron chi connectivity index (χ3n) is 3.68. The SMILES string of the molecule is CC(C)(C)OC(=O)N1CCC[C@H]1C(=O)Nc1cc(C(C)(C)C)on1. The fourth-order valence-electron chi connectivity index (χ4n) is 2.48. The first-order chi connectivity index (χ1) is 11.0. The minimum Gasteiger partial charge on any atom is -0.444 e. The van der Waals surface area contributed by atoms with Gasteiger partial charge in [-0.2, -0.15) is 0 Å². The topological polar surface area (TPSA) is 84.7 Å². The highest BCUT2D eigenvalue weighted by atomic mass is 16.6. The second-order valence-corrected chi connectivity index (χ2v) is 8.15. The van der Waals surface area contributed by atoms with Crippen LogP contribution in [0.3, 0.4) is 0 Å². The van der Waals surface area contributed by atoms with Gasteiger partial charge in [-0.05, 0) is 33.6 Å². The molecular formula is C17H27N3O4. The maximum Gasteiger partial charge on any atom is 0.410 e. The number of nitrogens with zero attached hydrogens (tertiary/aromatic N) is 2. The number of amides is 2. The van der Waals surface area contributed by atoms with Crippen LogP contribution in [-0.2, 0) is 14.9 Å². The number of ether oxygens (including phenoxy) is 1.